The van der Waals surface area contributed by atoms with Crippen molar-refractivity contribution in [1.29, 1.82) is 0 Å². The Morgan fingerprint density at radius 1 is 1.06 bits per heavy atom. The van der Waals surface area contributed by atoms with E-state index in [0.29, 0.717) is 11.7 Å². The molecule has 0 saturated heterocycles. The first-order valence-corrected chi connectivity index (χ1v) is 6.20. The van der Waals surface area contributed by atoms with Crippen LogP contribution in [0.4, 0.5) is 0 Å². The summed E-state index contributed by atoms with van der Waals surface area (Å²) >= 11 is 0. The number of aliphatic hydroxyl groups is 1. The molecule has 0 amide bonds. The van der Waals surface area contributed by atoms with E-state index >= 15 is 0 Å². The monoisotopic (exact) mass is 220 g/mol. The average Bonchev–Trinajstić information content (AvgIpc) is 2.46. The number of benzene rings is 1. The van der Waals surface area contributed by atoms with Gasteiger partial charge in [0.25, 0.3) is 0 Å². The third-order valence-electron chi connectivity index (χ3n) is 3.47. The van der Waals surface area contributed by atoms with Crippen molar-refractivity contribution >= 4 is 0 Å². The van der Waals surface area contributed by atoms with Crippen LogP contribution in [0.15, 0.2) is 24.3 Å². The van der Waals surface area contributed by atoms with E-state index in [0.717, 1.165) is 25.7 Å². The molecule has 1 aliphatic carbocycles. The van der Waals surface area contributed by atoms with E-state index in [-0.39, 0.29) is 6.10 Å². The summed E-state index contributed by atoms with van der Waals surface area (Å²) in [5.41, 5.74) is 1.26. The number of hydrogen-bond acceptors (Lipinski definition) is 2. The van der Waals surface area contributed by atoms with Crippen molar-refractivity contribution in [2.24, 2.45) is 5.92 Å². The summed E-state index contributed by atoms with van der Waals surface area (Å²) < 4.78 is 0. The van der Waals surface area contributed by atoms with E-state index in [4.69, 9.17) is 0 Å². The highest BCUT2D eigenvalue weighted by Crippen LogP contribution is 2.26. The summed E-state index contributed by atoms with van der Waals surface area (Å²) in [7, 11) is 0. The fourth-order valence-corrected chi connectivity index (χ4v) is 2.58. The summed E-state index contributed by atoms with van der Waals surface area (Å²) in [6.45, 7) is 0. The van der Waals surface area contributed by atoms with Crippen LogP contribution in [0.3, 0.4) is 0 Å². The second-order valence-corrected chi connectivity index (χ2v) is 4.91. The number of aromatic hydroxyl groups is 1. The van der Waals surface area contributed by atoms with Gasteiger partial charge in [0.1, 0.15) is 5.75 Å². The van der Waals surface area contributed by atoms with E-state index in [1.807, 2.05) is 12.1 Å². The first kappa shape index (κ1) is 11.5. The molecule has 2 N–H and O–H groups in total. The van der Waals surface area contributed by atoms with Crippen molar-refractivity contribution in [2.75, 3.05) is 0 Å². The average molecular weight is 220 g/mol. The molecule has 1 aliphatic rings. The van der Waals surface area contributed by atoms with E-state index < -0.39 is 0 Å². The summed E-state index contributed by atoms with van der Waals surface area (Å²) in [6, 6.07) is 7.43. The molecule has 2 unspecified atom stereocenters. The molecule has 1 fully saturated rings. The summed E-state index contributed by atoms with van der Waals surface area (Å²) in [4.78, 5) is 0. The minimum atomic E-state index is -0.107. The summed E-state index contributed by atoms with van der Waals surface area (Å²) in [5.74, 6) is 0.923. The Morgan fingerprint density at radius 3 is 2.50 bits per heavy atom. The molecule has 2 rings (SSSR count). The topological polar surface area (TPSA) is 40.5 Å². The molecule has 0 heterocycles. The SMILES string of the molecule is Oc1ccc(CC2CCCCC(O)C2)cc1. The lowest BCUT2D eigenvalue weighted by Crippen LogP contribution is -2.12. The molecule has 88 valence electrons. The number of phenols is 1. The van der Waals surface area contributed by atoms with Crippen LogP contribution < -0.4 is 0 Å². The van der Waals surface area contributed by atoms with Gasteiger partial charge < -0.3 is 10.2 Å². The lowest BCUT2D eigenvalue weighted by Gasteiger charge is -2.16. The number of phenolic OH excluding ortho intramolecular Hbond substituents is 1. The predicted molar refractivity (Wildman–Crippen MR) is 64.4 cm³/mol. The second-order valence-electron chi connectivity index (χ2n) is 4.91. The van der Waals surface area contributed by atoms with Crippen molar-refractivity contribution in [3.8, 4) is 5.75 Å². The Balaban J connectivity index is 1.95. The van der Waals surface area contributed by atoms with E-state index in [9.17, 15) is 10.2 Å². The van der Waals surface area contributed by atoms with Gasteiger partial charge in [0.15, 0.2) is 0 Å². The second kappa shape index (κ2) is 5.35. The van der Waals surface area contributed by atoms with Crippen LogP contribution in [-0.4, -0.2) is 16.3 Å². The minimum Gasteiger partial charge on any atom is -0.508 e. The Labute approximate surface area is 96.9 Å². The first-order valence-electron chi connectivity index (χ1n) is 6.20. The Bertz CT molecular complexity index is 318. The molecular weight excluding hydrogens is 200 g/mol. The fraction of sp³-hybridized carbons (Fsp3) is 0.571. The molecular formula is C14H20O2. The molecule has 0 aromatic heterocycles. The van der Waals surface area contributed by atoms with E-state index in [1.165, 1.54) is 18.4 Å². The van der Waals surface area contributed by atoms with Gasteiger partial charge in [0, 0.05) is 0 Å². The van der Waals surface area contributed by atoms with Gasteiger partial charge in [-0.2, -0.15) is 0 Å². The van der Waals surface area contributed by atoms with E-state index in [1.54, 1.807) is 12.1 Å². The van der Waals surface area contributed by atoms with Gasteiger partial charge in [0.05, 0.1) is 6.10 Å². The van der Waals surface area contributed by atoms with Crippen LogP contribution in [0.2, 0.25) is 0 Å². The molecule has 16 heavy (non-hydrogen) atoms. The highest BCUT2D eigenvalue weighted by Gasteiger charge is 2.18. The molecule has 2 nitrogen and oxygen atoms in total. The van der Waals surface area contributed by atoms with Gasteiger partial charge in [-0.15, -0.1) is 0 Å². The van der Waals surface area contributed by atoms with Crippen molar-refractivity contribution in [1.82, 2.24) is 0 Å². The third-order valence-corrected chi connectivity index (χ3v) is 3.47. The van der Waals surface area contributed by atoms with Crippen LogP contribution in [0, 0.1) is 5.92 Å². The van der Waals surface area contributed by atoms with Gasteiger partial charge in [-0.1, -0.05) is 31.4 Å². The normalized spacial score (nSPS) is 26.3. The number of rotatable bonds is 2. The van der Waals surface area contributed by atoms with Crippen LogP contribution in [0.25, 0.3) is 0 Å². The molecule has 2 heteroatoms. The van der Waals surface area contributed by atoms with Crippen molar-refractivity contribution < 1.29 is 10.2 Å². The Morgan fingerprint density at radius 2 is 1.75 bits per heavy atom. The Kier molecular flexibility index (Phi) is 3.83. The standard InChI is InChI=1S/C14H20O2/c15-13-7-5-11(6-8-13)9-12-3-1-2-4-14(16)10-12/h5-8,12,14-16H,1-4,9-10H2. The summed E-state index contributed by atoms with van der Waals surface area (Å²) in [5, 5.41) is 19.0. The zero-order valence-corrected chi connectivity index (χ0v) is 9.60. The quantitative estimate of drug-likeness (QED) is 0.752. The van der Waals surface area contributed by atoms with Gasteiger partial charge >= 0.3 is 0 Å². The van der Waals surface area contributed by atoms with Gasteiger partial charge in [0.2, 0.25) is 0 Å². The molecule has 1 saturated carbocycles. The van der Waals surface area contributed by atoms with E-state index in [2.05, 4.69) is 0 Å². The molecule has 1 aromatic rings. The molecule has 0 bridgehead atoms. The van der Waals surface area contributed by atoms with Crippen molar-refractivity contribution in [3.63, 3.8) is 0 Å². The molecule has 0 aliphatic heterocycles. The van der Waals surface area contributed by atoms with Gasteiger partial charge in [-0.05, 0) is 42.9 Å². The predicted octanol–water partition coefficient (Wildman–Crippen LogP) is 2.88. The number of aliphatic hydroxyl groups excluding tert-OH is 1. The van der Waals surface area contributed by atoms with Crippen LogP contribution >= 0.6 is 0 Å². The minimum absolute atomic E-state index is 0.107. The van der Waals surface area contributed by atoms with Crippen LogP contribution in [0.5, 0.6) is 5.75 Å². The highest BCUT2D eigenvalue weighted by atomic mass is 16.3. The maximum absolute atomic E-state index is 9.74. The van der Waals surface area contributed by atoms with Gasteiger partial charge in [-0.3, -0.25) is 0 Å². The zero-order chi connectivity index (χ0) is 11.4. The maximum Gasteiger partial charge on any atom is 0.115 e. The molecule has 0 spiro atoms. The Hall–Kier alpha value is -1.02. The lowest BCUT2D eigenvalue weighted by molar-refractivity contribution is 0.141. The zero-order valence-electron chi connectivity index (χ0n) is 9.60. The molecule has 2 atom stereocenters. The molecule has 0 radical (unpaired) electrons. The van der Waals surface area contributed by atoms with Crippen LogP contribution in [-0.2, 0) is 6.42 Å². The fourth-order valence-electron chi connectivity index (χ4n) is 2.58. The molecule has 1 aromatic carbocycles. The van der Waals surface area contributed by atoms with Crippen LogP contribution in [0.1, 0.15) is 37.7 Å². The first-order chi connectivity index (χ1) is 7.74. The van der Waals surface area contributed by atoms with Gasteiger partial charge in [-0.25, -0.2) is 0 Å². The lowest BCUT2D eigenvalue weighted by atomic mass is 9.92. The summed E-state index contributed by atoms with van der Waals surface area (Å²) in [6.07, 6.45) is 6.43. The largest absolute Gasteiger partial charge is 0.508 e. The third kappa shape index (κ3) is 3.24. The highest BCUT2D eigenvalue weighted by molar-refractivity contribution is 5.26. The smallest absolute Gasteiger partial charge is 0.115 e. The maximum atomic E-state index is 9.74. The van der Waals surface area contributed by atoms with Crippen molar-refractivity contribution in [3.05, 3.63) is 29.8 Å². The van der Waals surface area contributed by atoms with Crippen molar-refractivity contribution in [2.45, 2.75) is 44.6 Å². The number of hydrogen-bond donors (Lipinski definition) is 2.